The van der Waals surface area contributed by atoms with Crippen molar-refractivity contribution in [1.29, 1.82) is 0 Å². The zero-order valence-electron chi connectivity index (χ0n) is 9.73. The van der Waals surface area contributed by atoms with Gasteiger partial charge in [0.05, 0.1) is 0 Å². The van der Waals surface area contributed by atoms with Gasteiger partial charge >= 0.3 is 6.03 Å². The Morgan fingerprint density at radius 2 is 2.29 bits per heavy atom. The lowest BCUT2D eigenvalue weighted by molar-refractivity contribution is 0.194. The summed E-state index contributed by atoms with van der Waals surface area (Å²) in [4.78, 5) is 14.1. The minimum Gasteiger partial charge on any atom is -0.399 e. The predicted molar refractivity (Wildman–Crippen MR) is 67.7 cm³/mol. The Bertz CT molecular complexity index is 446. The van der Waals surface area contributed by atoms with Crippen LogP contribution in [-0.2, 0) is 0 Å². The van der Waals surface area contributed by atoms with Crippen LogP contribution in [0.15, 0.2) is 24.3 Å². The number of amides is 2. The molecule has 2 aliphatic rings. The van der Waals surface area contributed by atoms with Crippen LogP contribution in [0.3, 0.4) is 0 Å². The van der Waals surface area contributed by atoms with E-state index in [0.717, 1.165) is 24.6 Å². The van der Waals surface area contributed by atoms with E-state index in [1.54, 1.807) is 6.07 Å². The fourth-order valence-corrected chi connectivity index (χ4v) is 2.99. The first-order valence-electron chi connectivity index (χ1n) is 6.15. The van der Waals surface area contributed by atoms with Crippen LogP contribution in [0.2, 0.25) is 0 Å². The van der Waals surface area contributed by atoms with Crippen LogP contribution in [0.4, 0.5) is 16.2 Å². The van der Waals surface area contributed by atoms with Crippen molar-refractivity contribution in [2.45, 2.75) is 25.3 Å². The van der Waals surface area contributed by atoms with E-state index in [0.29, 0.717) is 11.7 Å². The van der Waals surface area contributed by atoms with Gasteiger partial charge in [0.15, 0.2) is 0 Å². The van der Waals surface area contributed by atoms with E-state index in [1.165, 1.54) is 12.8 Å². The number of hydrogen-bond acceptors (Lipinski definition) is 2. The van der Waals surface area contributed by atoms with Gasteiger partial charge in [-0.25, -0.2) is 4.79 Å². The second-order valence-corrected chi connectivity index (χ2v) is 5.04. The first-order chi connectivity index (χ1) is 8.22. The standard InChI is InChI=1S/C13H17N3O/c14-10-2-1-3-11(7-10)15-13(17)16-8-9-4-5-12(16)6-9/h1-3,7,9,12H,4-6,8,14H2,(H,15,17). The molecule has 2 amide bonds. The van der Waals surface area contributed by atoms with Gasteiger partial charge in [-0.3, -0.25) is 0 Å². The van der Waals surface area contributed by atoms with Crippen LogP contribution >= 0.6 is 0 Å². The highest BCUT2D eigenvalue weighted by Gasteiger charge is 2.40. The van der Waals surface area contributed by atoms with Crippen molar-refractivity contribution in [2.24, 2.45) is 5.92 Å². The number of nitrogens with zero attached hydrogens (tertiary/aromatic N) is 1. The van der Waals surface area contributed by atoms with E-state index in [4.69, 9.17) is 5.73 Å². The molecule has 1 aromatic rings. The minimum atomic E-state index is 0.0165. The molecule has 1 aliphatic carbocycles. The van der Waals surface area contributed by atoms with Gasteiger partial charge in [0.25, 0.3) is 0 Å². The van der Waals surface area contributed by atoms with Crippen LogP contribution in [0, 0.1) is 5.92 Å². The molecule has 90 valence electrons. The minimum absolute atomic E-state index is 0.0165. The lowest BCUT2D eigenvalue weighted by atomic mass is 10.1. The van der Waals surface area contributed by atoms with Gasteiger partial charge in [-0.1, -0.05) is 6.07 Å². The largest absolute Gasteiger partial charge is 0.399 e. The molecule has 1 saturated carbocycles. The number of benzene rings is 1. The number of anilines is 2. The Balaban J connectivity index is 1.68. The van der Waals surface area contributed by atoms with Gasteiger partial charge in [-0.2, -0.15) is 0 Å². The second-order valence-electron chi connectivity index (χ2n) is 5.04. The molecule has 2 bridgehead atoms. The molecule has 4 heteroatoms. The van der Waals surface area contributed by atoms with Crippen LogP contribution in [0.25, 0.3) is 0 Å². The van der Waals surface area contributed by atoms with Crippen molar-refractivity contribution in [2.75, 3.05) is 17.6 Å². The van der Waals surface area contributed by atoms with Crippen molar-refractivity contribution < 1.29 is 4.79 Å². The molecular weight excluding hydrogens is 214 g/mol. The monoisotopic (exact) mass is 231 g/mol. The van der Waals surface area contributed by atoms with Crippen molar-refractivity contribution in [3.63, 3.8) is 0 Å². The van der Waals surface area contributed by atoms with Gasteiger partial charge in [0, 0.05) is 24.0 Å². The summed E-state index contributed by atoms with van der Waals surface area (Å²) in [6.45, 7) is 0.915. The average Bonchev–Trinajstić information content (AvgIpc) is 2.90. The van der Waals surface area contributed by atoms with E-state index < -0.39 is 0 Å². The number of piperidine rings is 1. The van der Waals surface area contributed by atoms with Crippen LogP contribution in [-0.4, -0.2) is 23.5 Å². The highest BCUT2D eigenvalue weighted by atomic mass is 16.2. The number of hydrogen-bond donors (Lipinski definition) is 2. The maximum absolute atomic E-state index is 12.1. The molecule has 3 N–H and O–H groups in total. The molecule has 0 aromatic heterocycles. The van der Waals surface area contributed by atoms with E-state index in [1.807, 2.05) is 23.1 Å². The summed E-state index contributed by atoms with van der Waals surface area (Å²) in [6, 6.07) is 7.78. The van der Waals surface area contributed by atoms with Gasteiger partial charge in [0.1, 0.15) is 0 Å². The van der Waals surface area contributed by atoms with Gasteiger partial charge < -0.3 is 16.0 Å². The highest BCUT2D eigenvalue weighted by Crippen LogP contribution is 2.37. The Labute approximate surface area is 101 Å². The second kappa shape index (κ2) is 3.95. The fourth-order valence-electron chi connectivity index (χ4n) is 2.99. The fraction of sp³-hybridized carbons (Fsp3) is 0.462. The Morgan fingerprint density at radius 3 is 2.94 bits per heavy atom. The van der Waals surface area contributed by atoms with Crippen molar-refractivity contribution in [3.05, 3.63) is 24.3 Å². The van der Waals surface area contributed by atoms with E-state index in [9.17, 15) is 4.79 Å². The quantitative estimate of drug-likeness (QED) is 0.728. The molecule has 1 aliphatic heterocycles. The van der Waals surface area contributed by atoms with E-state index in [-0.39, 0.29) is 6.03 Å². The van der Waals surface area contributed by atoms with Crippen LogP contribution < -0.4 is 11.1 Å². The van der Waals surface area contributed by atoms with Crippen molar-refractivity contribution in [3.8, 4) is 0 Å². The molecule has 1 aromatic carbocycles. The smallest absolute Gasteiger partial charge is 0.322 e. The van der Waals surface area contributed by atoms with Crippen molar-refractivity contribution in [1.82, 2.24) is 4.90 Å². The van der Waals surface area contributed by atoms with E-state index >= 15 is 0 Å². The molecule has 1 saturated heterocycles. The molecule has 0 spiro atoms. The Hall–Kier alpha value is -1.71. The lowest BCUT2D eigenvalue weighted by Crippen LogP contribution is -2.40. The van der Waals surface area contributed by atoms with Gasteiger partial charge in [0.2, 0.25) is 0 Å². The summed E-state index contributed by atoms with van der Waals surface area (Å²) in [5.41, 5.74) is 7.13. The number of rotatable bonds is 1. The molecule has 3 rings (SSSR count). The molecule has 1 heterocycles. The number of likely N-dealkylation sites (tertiary alicyclic amines) is 1. The molecule has 2 fully saturated rings. The Morgan fingerprint density at radius 1 is 1.41 bits per heavy atom. The summed E-state index contributed by atoms with van der Waals surface area (Å²) in [7, 11) is 0. The topological polar surface area (TPSA) is 58.4 Å². The third-order valence-electron chi connectivity index (χ3n) is 3.81. The zero-order valence-corrected chi connectivity index (χ0v) is 9.73. The molecule has 4 nitrogen and oxygen atoms in total. The normalized spacial score (nSPS) is 26.2. The van der Waals surface area contributed by atoms with Crippen LogP contribution in [0.5, 0.6) is 0 Å². The SMILES string of the molecule is Nc1cccc(NC(=O)N2CC3CCC2C3)c1. The molecule has 2 unspecified atom stereocenters. The third-order valence-corrected chi connectivity index (χ3v) is 3.81. The summed E-state index contributed by atoms with van der Waals surface area (Å²) < 4.78 is 0. The summed E-state index contributed by atoms with van der Waals surface area (Å²) in [5, 5.41) is 2.92. The number of nitrogen functional groups attached to an aromatic ring is 1. The number of urea groups is 1. The molecule has 17 heavy (non-hydrogen) atoms. The molecular formula is C13H17N3O. The lowest BCUT2D eigenvalue weighted by Gasteiger charge is -2.27. The zero-order chi connectivity index (χ0) is 11.8. The van der Waals surface area contributed by atoms with Gasteiger partial charge in [-0.05, 0) is 43.4 Å². The van der Waals surface area contributed by atoms with E-state index in [2.05, 4.69) is 5.32 Å². The number of fused-ring (bicyclic) bond motifs is 2. The maximum Gasteiger partial charge on any atom is 0.322 e. The molecule has 2 atom stereocenters. The predicted octanol–water partition coefficient (Wildman–Crippen LogP) is 2.29. The number of nitrogens with two attached hydrogens (primary N) is 1. The summed E-state index contributed by atoms with van der Waals surface area (Å²) in [5.74, 6) is 0.728. The maximum atomic E-state index is 12.1. The van der Waals surface area contributed by atoms with Gasteiger partial charge in [-0.15, -0.1) is 0 Å². The summed E-state index contributed by atoms with van der Waals surface area (Å²) in [6.07, 6.45) is 3.63. The highest BCUT2D eigenvalue weighted by molar-refractivity contribution is 5.90. The molecule has 0 radical (unpaired) electrons. The first kappa shape index (κ1) is 10.4. The third kappa shape index (κ3) is 1.95. The number of carbonyl (C=O) groups excluding carboxylic acids is 1. The van der Waals surface area contributed by atoms with Crippen LogP contribution in [0.1, 0.15) is 19.3 Å². The summed E-state index contributed by atoms with van der Waals surface area (Å²) >= 11 is 0. The van der Waals surface area contributed by atoms with Crippen molar-refractivity contribution >= 4 is 17.4 Å². The first-order valence-corrected chi connectivity index (χ1v) is 6.15. The average molecular weight is 231 g/mol. The Kier molecular flexibility index (Phi) is 2.42. The number of nitrogens with one attached hydrogen (secondary N) is 1. The number of carbonyl (C=O) groups is 1.